The van der Waals surface area contributed by atoms with Crippen molar-refractivity contribution in [3.63, 3.8) is 0 Å². The minimum Gasteiger partial charge on any atom is -0.488 e. The number of aldehydes is 2. The molecule has 0 unspecified atom stereocenters. The van der Waals surface area contributed by atoms with Crippen LogP contribution in [0.2, 0.25) is 10.0 Å². The molecule has 0 heterocycles. The summed E-state index contributed by atoms with van der Waals surface area (Å²) >= 11 is 13.2. The van der Waals surface area contributed by atoms with E-state index in [2.05, 4.69) is 0 Å². The van der Waals surface area contributed by atoms with Crippen molar-refractivity contribution in [1.82, 2.24) is 0 Å². The minimum absolute atomic E-state index is 0.124. The Labute approximate surface area is 245 Å². The number of carbonyl (C=O) groups excluding carboxylic acids is 2. The lowest BCUT2D eigenvalue weighted by molar-refractivity contribution is -0.139. The highest BCUT2D eigenvalue weighted by molar-refractivity contribution is 6.37. The lowest BCUT2D eigenvalue weighted by Gasteiger charge is -2.17. The zero-order valence-corrected chi connectivity index (χ0v) is 22.7. The van der Waals surface area contributed by atoms with Crippen LogP contribution in [0.3, 0.4) is 0 Å². The normalized spacial score (nSPS) is 11.7. The molecule has 218 valence electrons. The lowest BCUT2D eigenvalue weighted by atomic mass is 10.0. The molecule has 4 rings (SSSR count). The van der Waals surface area contributed by atoms with Crippen LogP contribution in [0.4, 0.5) is 26.3 Å². The van der Waals surface area contributed by atoms with E-state index in [0.29, 0.717) is 47.0 Å². The highest BCUT2D eigenvalue weighted by Gasteiger charge is 2.36. The van der Waals surface area contributed by atoms with Crippen LogP contribution in [0.1, 0.15) is 43.0 Å². The number of alkyl halides is 6. The molecule has 0 radical (unpaired) electrons. The molecule has 0 aliphatic rings. The van der Waals surface area contributed by atoms with Crippen LogP contribution in [0.5, 0.6) is 11.5 Å². The van der Waals surface area contributed by atoms with E-state index in [4.69, 9.17) is 32.7 Å². The van der Waals surface area contributed by atoms with Gasteiger partial charge in [-0.2, -0.15) is 26.3 Å². The van der Waals surface area contributed by atoms with E-state index < -0.39 is 35.0 Å². The van der Waals surface area contributed by atoms with E-state index in [1.807, 2.05) is 0 Å². The molecule has 0 aliphatic carbocycles. The summed E-state index contributed by atoms with van der Waals surface area (Å²) in [6.45, 7) is -0.707. The SMILES string of the molecule is O=Cc1ccc(OCc2cccc(-c3cccc(COc4ccc(C=O)cc4C(F)(F)F)c3Cl)c2Cl)c(C(F)(F)F)c1. The summed E-state index contributed by atoms with van der Waals surface area (Å²) in [5.74, 6) is -0.989. The first kappa shape index (κ1) is 30.9. The maximum Gasteiger partial charge on any atom is 0.419 e. The number of halogens is 8. The van der Waals surface area contributed by atoms with Crippen molar-refractivity contribution in [2.75, 3.05) is 0 Å². The van der Waals surface area contributed by atoms with Crippen LogP contribution in [0, 0.1) is 0 Å². The van der Waals surface area contributed by atoms with Gasteiger partial charge in [0.15, 0.2) is 0 Å². The third-order valence-electron chi connectivity index (χ3n) is 6.10. The fourth-order valence-corrected chi connectivity index (χ4v) is 4.61. The van der Waals surface area contributed by atoms with Gasteiger partial charge in [-0.05, 0) is 36.4 Å². The molecule has 0 bridgehead atoms. The summed E-state index contributed by atoms with van der Waals surface area (Å²) in [5.41, 5.74) is -1.14. The molecule has 0 N–H and O–H groups in total. The quantitative estimate of drug-likeness (QED) is 0.137. The van der Waals surface area contributed by atoms with Gasteiger partial charge in [-0.1, -0.05) is 59.6 Å². The highest BCUT2D eigenvalue weighted by Crippen LogP contribution is 2.41. The van der Waals surface area contributed by atoms with Gasteiger partial charge in [0.25, 0.3) is 0 Å². The number of benzene rings is 4. The topological polar surface area (TPSA) is 52.6 Å². The van der Waals surface area contributed by atoms with Crippen LogP contribution in [0.15, 0.2) is 72.8 Å². The Balaban J connectivity index is 1.59. The molecule has 42 heavy (non-hydrogen) atoms. The van der Waals surface area contributed by atoms with Crippen molar-refractivity contribution in [2.45, 2.75) is 25.6 Å². The summed E-state index contributed by atoms with van der Waals surface area (Å²) < 4.78 is 91.9. The van der Waals surface area contributed by atoms with Crippen molar-refractivity contribution < 1.29 is 45.4 Å². The third-order valence-corrected chi connectivity index (χ3v) is 7.00. The zero-order chi connectivity index (χ0) is 30.7. The van der Waals surface area contributed by atoms with Gasteiger partial charge < -0.3 is 9.47 Å². The number of rotatable bonds is 9. The first-order valence-electron chi connectivity index (χ1n) is 12.0. The van der Waals surface area contributed by atoms with Crippen LogP contribution in [0.25, 0.3) is 11.1 Å². The second kappa shape index (κ2) is 12.5. The first-order chi connectivity index (χ1) is 19.8. The number of hydrogen-bond donors (Lipinski definition) is 0. The van der Waals surface area contributed by atoms with Gasteiger partial charge in [0.05, 0.1) is 21.2 Å². The molecule has 4 aromatic rings. The van der Waals surface area contributed by atoms with Crippen molar-refractivity contribution in [2.24, 2.45) is 0 Å². The molecule has 0 spiro atoms. The van der Waals surface area contributed by atoms with Crippen molar-refractivity contribution >= 4 is 35.8 Å². The third kappa shape index (κ3) is 6.88. The summed E-state index contributed by atoms with van der Waals surface area (Å²) in [4.78, 5) is 21.9. The molecule has 0 atom stereocenters. The van der Waals surface area contributed by atoms with E-state index >= 15 is 0 Å². The van der Waals surface area contributed by atoms with E-state index in [1.54, 1.807) is 36.4 Å². The molecule has 12 heteroatoms. The Hall–Kier alpha value is -4.02. The molecule has 0 saturated heterocycles. The Bertz CT molecular complexity index is 1510. The van der Waals surface area contributed by atoms with Gasteiger partial charge in [0.1, 0.15) is 37.3 Å². The van der Waals surface area contributed by atoms with Crippen molar-refractivity contribution in [1.29, 1.82) is 0 Å². The zero-order valence-electron chi connectivity index (χ0n) is 21.2. The Morgan fingerprint density at radius 2 is 0.976 bits per heavy atom. The standard InChI is InChI=1S/C30H18Cl2F6O4/c31-27-19(15-41-25-9-7-17(13-39)11-23(25)29(33,34)35)3-1-5-21(27)22-6-2-4-20(28(22)32)16-42-26-10-8-18(14-40)12-24(26)30(36,37)38/h1-14H,15-16H2. The van der Waals surface area contributed by atoms with E-state index in [0.717, 1.165) is 12.1 Å². The number of ether oxygens (including phenoxy) is 2. The van der Waals surface area contributed by atoms with Gasteiger partial charge >= 0.3 is 12.4 Å². The molecule has 0 aliphatic heterocycles. The Morgan fingerprint density at radius 1 is 0.595 bits per heavy atom. The summed E-state index contributed by atoms with van der Waals surface area (Å²) in [6.07, 6.45) is -8.96. The maximum atomic E-state index is 13.5. The number of carbonyl (C=O) groups is 2. The minimum atomic E-state index is -4.77. The molecule has 0 fully saturated rings. The van der Waals surface area contributed by atoms with Gasteiger partial charge in [-0.25, -0.2) is 0 Å². The predicted octanol–water partition coefficient (Wildman–Crippen LogP) is 9.48. The Morgan fingerprint density at radius 3 is 1.31 bits per heavy atom. The second-order valence-electron chi connectivity index (χ2n) is 8.88. The molecular weight excluding hydrogens is 609 g/mol. The second-order valence-corrected chi connectivity index (χ2v) is 9.63. The highest BCUT2D eigenvalue weighted by atomic mass is 35.5. The number of hydrogen-bond acceptors (Lipinski definition) is 4. The summed E-state index contributed by atoms with van der Waals surface area (Å²) in [6, 6.07) is 15.3. The fraction of sp³-hybridized carbons (Fsp3) is 0.133. The molecular formula is C30H18Cl2F6O4. The summed E-state index contributed by atoms with van der Waals surface area (Å²) in [7, 11) is 0. The average molecular weight is 627 g/mol. The average Bonchev–Trinajstić information content (AvgIpc) is 2.95. The first-order valence-corrected chi connectivity index (χ1v) is 12.7. The smallest absolute Gasteiger partial charge is 0.419 e. The largest absolute Gasteiger partial charge is 0.488 e. The van der Waals surface area contributed by atoms with Crippen molar-refractivity contribution in [3.8, 4) is 22.6 Å². The lowest BCUT2D eigenvalue weighted by Crippen LogP contribution is -2.10. The van der Waals surface area contributed by atoms with E-state index in [1.165, 1.54) is 12.1 Å². The monoisotopic (exact) mass is 626 g/mol. The predicted molar refractivity (Wildman–Crippen MR) is 144 cm³/mol. The molecule has 0 saturated carbocycles. The van der Waals surface area contributed by atoms with E-state index in [9.17, 15) is 35.9 Å². The van der Waals surface area contributed by atoms with Gasteiger partial charge in [-0.15, -0.1) is 0 Å². The van der Waals surface area contributed by atoms with Gasteiger partial charge in [-0.3, -0.25) is 9.59 Å². The molecule has 4 aromatic carbocycles. The fourth-order valence-electron chi connectivity index (χ4n) is 4.05. The van der Waals surface area contributed by atoms with Crippen LogP contribution >= 0.6 is 23.2 Å². The molecule has 0 aromatic heterocycles. The maximum absolute atomic E-state index is 13.5. The van der Waals surface area contributed by atoms with Gasteiger partial charge in [0, 0.05) is 33.4 Å². The van der Waals surface area contributed by atoms with Crippen LogP contribution in [-0.4, -0.2) is 12.6 Å². The van der Waals surface area contributed by atoms with Crippen LogP contribution in [-0.2, 0) is 25.6 Å². The Kier molecular flexibility index (Phi) is 9.18. The molecule has 0 amide bonds. The van der Waals surface area contributed by atoms with E-state index in [-0.39, 0.29) is 34.4 Å². The molecule has 4 nitrogen and oxygen atoms in total. The summed E-state index contributed by atoms with van der Waals surface area (Å²) in [5, 5.41) is 0.249. The van der Waals surface area contributed by atoms with Crippen molar-refractivity contribution in [3.05, 3.63) is 116 Å². The van der Waals surface area contributed by atoms with Gasteiger partial charge in [0.2, 0.25) is 0 Å². The van der Waals surface area contributed by atoms with Crippen LogP contribution < -0.4 is 9.47 Å².